The van der Waals surface area contributed by atoms with Crippen LogP contribution in [-0.2, 0) is 23.9 Å². The third kappa shape index (κ3) is 6.03. The Bertz CT molecular complexity index is 955. The summed E-state index contributed by atoms with van der Waals surface area (Å²) >= 11 is 1.94. The van der Waals surface area contributed by atoms with E-state index in [2.05, 4.69) is 14.9 Å². The number of methoxy groups -OCH3 is 1. The molecular weight excluding hydrogens is 486 g/mol. The number of piperidine rings is 1. The largest absolute Gasteiger partial charge is 0.481 e. The van der Waals surface area contributed by atoms with E-state index in [1.165, 1.54) is 16.9 Å². The number of hydrogen-bond donors (Lipinski definition) is 2. The summed E-state index contributed by atoms with van der Waals surface area (Å²) in [5.74, 6) is -2.92. The Kier molecular flexibility index (Phi) is 8.83. The van der Waals surface area contributed by atoms with E-state index in [4.69, 9.17) is 9.84 Å². The number of nitrogens with zero attached hydrogens (tertiary/aromatic N) is 4. The normalized spacial score (nSPS) is 22.4. The standard InChI is InChI=1S/C20H27N5O7S2/c1-11-17(34-23-22-11)18(29)21-12-5-7-24(15(26)9-33-10-16(27)28)14(8-12)19(30)25-6-3-4-13(25)20(31)32-2/h12-14H,3-10H2,1-2H3,(H,21,29)(H,27,28)/t12-,13-,14+/m1/s1. The van der Waals surface area contributed by atoms with Crippen LogP contribution in [-0.4, -0.2) is 104 Å². The Morgan fingerprint density at radius 3 is 2.56 bits per heavy atom. The van der Waals surface area contributed by atoms with Crippen LogP contribution < -0.4 is 5.32 Å². The van der Waals surface area contributed by atoms with E-state index in [1.807, 2.05) is 0 Å². The van der Waals surface area contributed by atoms with E-state index < -0.39 is 24.0 Å². The number of likely N-dealkylation sites (tertiary alicyclic amines) is 2. The molecule has 0 aliphatic carbocycles. The molecule has 2 aliphatic heterocycles. The Balaban J connectivity index is 1.76. The van der Waals surface area contributed by atoms with Crippen LogP contribution in [0.2, 0.25) is 0 Å². The third-order valence-electron chi connectivity index (χ3n) is 5.86. The zero-order valence-electron chi connectivity index (χ0n) is 18.9. The maximum absolute atomic E-state index is 13.5. The van der Waals surface area contributed by atoms with Crippen molar-refractivity contribution in [3.63, 3.8) is 0 Å². The molecule has 3 heterocycles. The van der Waals surface area contributed by atoms with E-state index in [9.17, 15) is 24.0 Å². The quantitative estimate of drug-likeness (QED) is 0.450. The molecule has 3 atom stereocenters. The fourth-order valence-corrected chi connectivity index (χ4v) is 5.41. The summed E-state index contributed by atoms with van der Waals surface area (Å²) < 4.78 is 8.61. The van der Waals surface area contributed by atoms with Gasteiger partial charge in [-0.1, -0.05) is 4.49 Å². The first-order chi connectivity index (χ1) is 16.2. The molecule has 34 heavy (non-hydrogen) atoms. The fourth-order valence-electron chi connectivity index (χ4n) is 4.23. The van der Waals surface area contributed by atoms with Gasteiger partial charge in [0.15, 0.2) is 0 Å². The molecule has 2 aliphatic rings. The minimum Gasteiger partial charge on any atom is -0.481 e. The Labute approximate surface area is 204 Å². The van der Waals surface area contributed by atoms with Crippen molar-refractivity contribution < 1.29 is 33.8 Å². The number of esters is 1. The maximum Gasteiger partial charge on any atom is 0.328 e. The highest BCUT2D eigenvalue weighted by atomic mass is 32.2. The molecule has 0 radical (unpaired) electrons. The molecule has 2 fully saturated rings. The molecule has 3 amide bonds. The first-order valence-electron chi connectivity index (χ1n) is 10.8. The molecule has 1 aromatic rings. The van der Waals surface area contributed by atoms with Gasteiger partial charge in [-0.2, -0.15) is 0 Å². The zero-order chi connectivity index (χ0) is 24.8. The van der Waals surface area contributed by atoms with E-state index >= 15 is 0 Å². The second-order valence-electron chi connectivity index (χ2n) is 8.08. The molecule has 14 heteroatoms. The summed E-state index contributed by atoms with van der Waals surface area (Å²) in [6, 6.07) is -1.97. The number of amides is 3. The second kappa shape index (κ2) is 11.6. The molecule has 0 spiro atoms. The number of aromatic nitrogens is 2. The summed E-state index contributed by atoms with van der Waals surface area (Å²) in [4.78, 5) is 65.3. The van der Waals surface area contributed by atoms with Gasteiger partial charge in [-0.15, -0.1) is 16.9 Å². The average Bonchev–Trinajstić information content (AvgIpc) is 3.46. The molecule has 0 saturated carbocycles. The predicted octanol–water partition coefficient (Wildman–Crippen LogP) is -0.0823. The molecule has 0 unspecified atom stereocenters. The average molecular weight is 514 g/mol. The lowest BCUT2D eigenvalue weighted by molar-refractivity contribution is -0.155. The van der Waals surface area contributed by atoms with Crippen molar-refractivity contribution in [2.75, 3.05) is 31.7 Å². The highest BCUT2D eigenvalue weighted by Gasteiger charge is 2.43. The number of thioether (sulfide) groups is 1. The molecule has 1 aromatic heterocycles. The van der Waals surface area contributed by atoms with Crippen LogP contribution in [0.3, 0.4) is 0 Å². The van der Waals surface area contributed by atoms with Crippen molar-refractivity contribution in [1.29, 1.82) is 0 Å². The summed E-state index contributed by atoms with van der Waals surface area (Å²) in [5.41, 5.74) is 0.510. The number of hydrogen-bond acceptors (Lipinski definition) is 10. The van der Waals surface area contributed by atoms with Gasteiger partial charge in [0.05, 0.1) is 24.3 Å². The van der Waals surface area contributed by atoms with Gasteiger partial charge in [0.2, 0.25) is 11.8 Å². The van der Waals surface area contributed by atoms with Crippen molar-refractivity contribution in [1.82, 2.24) is 24.7 Å². The molecule has 3 rings (SSSR count). The topological polar surface area (TPSA) is 159 Å². The molecule has 186 valence electrons. The van der Waals surface area contributed by atoms with Crippen LogP contribution in [0.4, 0.5) is 0 Å². The number of carbonyl (C=O) groups is 5. The van der Waals surface area contributed by atoms with Gasteiger partial charge in [0, 0.05) is 19.1 Å². The van der Waals surface area contributed by atoms with Gasteiger partial charge in [0.1, 0.15) is 17.0 Å². The van der Waals surface area contributed by atoms with E-state index in [-0.39, 0.29) is 48.2 Å². The van der Waals surface area contributed by atoms with Gasteiger partial charge < -0.3 is 25.0 Å². The smallest absolute Gasteiger partial charge is 0.328 e. The lowest BCUT2D eigenvalue weighted by atomic mass is 9.95. The molecule has 2 saturated heterocycles. The number of aryl methyl sites for hydroxylation is 1. The van der Waals surface area contributed by atoms with Crippen LogP contribution in [0.25, 0.3) is 0 Å². The molecule has 0 bridgehead atoms. The van der Waals surface area contributed by atoms with Crippen molar-refractivity contribution >= 4 is 53.0 Å². The van der Waals surface area contributed by atoms with E-state index in [0.717, 1.165) is 23.3 Å². The number of carboxylic acids is 1. The van der Waals surface area contributed by atoms with Crippen molar-refractivity contribution in [2.45, 2.75) is 50.7 Å². The highest BCUT2D eigenvalue weighted by molar-refractivity contribution is 8.00. The predicted molar refractivity (Wildman–Crippen MR) is 122 cm³/mol. The van der Waals surface area contributed by atoms with Crippen molar-refractivity contribution in [2.24, 2.45) is 0 Å². The fraction of sp³-hybridized carbons (Fsp3) is 0.650. The number of nitrogens with one attached hydrogen (secondary N) is 1. The van der Waals surface area contributed by atoms with Crippen LogP contribution in [0.15, 0.2) is 0 Å². The van der Waals surface area contributed by atoms with E-state index in [1.54, 1.807) is 6.92 Å². The van der Waals surface area contributed by atoms with E-state index in [0.29, 0.717) is 36.4 Å². The zero-order valence-corrected chi connectivity index (χ0v) is 20.5. The third-order valence-corrected chi connectivity index (χ3v) is 7.59. The molecule has 12 nitrogen and oxygen atoms in total. The monoisotopic (exact) mass is 513 g/mol. The van der Waals surface area contributed by atoms with Gasteiger partial charge in [-0.05, 0) is 44.1 Å². The van der Waals surface area contributed by atoms with Gasteiger partial charge >= 0.3 is 11.9 Å². The number of aliphatic carboxylic acids is 1. The Morgan fingerprint density at radius 2 is 1.91 bits per heavy atom. The lowest BCUT2D eigenvalue weighted by Crippen LogP contribution is -2.59. The summed E-state index contributed by atoms with van der Waals surface area (Å²) in [6.45, 7) is 2.26. The van der Waals surface area contributed by atoms with Gasteiger partial charge in [-0.25, -0.2) is 4.79 Å². The molecule has 2 N–H and O–H groups in total. The Morgan fingerprint density at radius 1 is 1.15 bits per heavy atom. The van der Waals surface area contributed by atoms with Gasteiger partial charge in [0.25, 0.3) is 5.91 Å². The Hall–Kier alpha value is -2.74. The van der Waals surface area contributed by atoms with Gasteiger partial charge in [-0.3, -0.25) is 19.2 Å². The first-order valence-corrected chi connectivity index (χ1v) is 12.7. The molecule has 0 aromatic carbocycles. The number of carboxylic acid groups (broad SMARTS) is 1. The van der Waals surface area contributed by atoms with Crippen molar-refractivity contribution in [3.05, 3.63) is 10.6 Å². The maximum atomic E-state index is 13.5. The minimum atomic E-state index is -1.03. The minimum absolute atomic E-state index is 0.0841. The van der Waals surface area contributed by atoms with Crippen LogP contribution in [0.1, 0.15) is 41.0 Å². The first kappa shape index (κ1) is 25.9. The summed E-state index contributed by atoms with van der Waals surface area (Å²) in [7, 11) is 1.27. The van der Waals surface area contributed by atoms with Crippen LogP contribution in [0, 0.1) is 6.92 Å². The highest BCUT2D eigenvalue weighted by Crippen LogP contribution is 2.26. The SMILES string of the molecule is COC(=O)[C@H]1CCCN1C(=O)[C@@H]1C[C@H](NC(=O)c2snnc2C)CCN1C(=O)CSCC(=O)O. The summed E-state index contributed by atoms with van der Waals surface area (Å²) in [5, 5.41) is 15.6. The number of carbonyl (C=O) groups excluding carboxylic acids is 4. The van der Waals surface area contributed by atoms with Crippen molar-refractivity contribution in [3.8, 4) is 0 Å². The number of ether oxygens (including phenoxy) is 1. The molecular formula is C20H27N5O7S2. The lowest BCUT2D eigenvalue weighted by Gasteiger charge is -2.41. The second-order valence-corrected chi connectivity index (χ2v) is 9.82. The van der Waals surface area contributed by atoms with Crippen LogP contribution >= 0.6 is 23.3 Å². The summed E-state index contributed by atoms with van der Waals surface area (Å²) in [6.07, 6.45) is 1.72. The van der Waals surface area contributed by atoms with Crippen LogP contribution in [0.5, 0.6) is 0 Å². The number of rotatable bonds is 8.